The van der Waals surface area contributed by atoms with Crippen LogP contribution in [-0.4, -0.2) is 5.54 Å². The summed E-state index contributed by atoms with van der Waals surface area (Å²) in [7, 11) is 0. The summed E-state index contributed by atoms with van der Waals surface area (Å²) < 4.78 is 0. The molecule has 0 amide bonds. The zero-order chi connectivity index (χ0) is 13.8. The van der Waals surface area contributed by atoms with Gasteiger partial charge in [0.1, 0.15) is 5.54 Å². The van der Waals surface area contributed by atoms with Crippen LogP contribution in [0.3, 0.4) is 0 Å². The zero-order valence-corrected chi connectivity index (χ0v) is 12.6. The highest BCUT2D eigenvalue weighted by Crippen LogP contribution is 2.33. The lowest BCUT2D eigenvalue weighted by Gasteiger charge is -2.27. The summed E-state index contributed by atoms with van der Waals surface area (Å²) >= 11 is 0. The van der Waals surface area contributed by atoms with Gasteiger partial charge in [-0.2, -0.15) is 10.2 Å². The minimum absolute atomic E-state index is 0.118. The lowest BCUT2D eigenvalue weighted by Crippen LogP contribution is -2.22. The molecule has 0 aliphatic heterocycles. The van der Waals surface area contributed by atoms with E-state index in [9.17, 15) is 0 Å². The Balaban J connectivity index is 3.07. The Hall–Kier alpha value is -1.18. The molecule has 0 N–H and O–H groups in total. The molecule has 0 saturated heterocycles. The standard InChI is InChI=1S/C16H26N2/c1-13(2)12-16(6,18-17-15(3,4)5)14-10-8-7-9-11-14/h7-11,13H,12H2,1-6H3/b18-17+. The SMILES string of the molecule is CC(C)CC(C)(/N=N/C(C)(C)C)c1ccccc1. The fraction of sp³-hybridized carbons (Fsp3) is 0.625. The molecule has 0 bridgehead atoms. The van der Waals surface area contributed by atoms with Crippen molar-refractivity contribution in [3.8, 4) is 0 Å². The summed E-state index contributed by atoms with van der Waals surface area (Å²) in [5.74, 6) is 0.592. The molecule has 1 aromatic carbocycles. The normalized spacial score (nSPS) is 16.2. The molecule has 100 valence electrons. The molecule has 1 aromatic rings. The van der Waals surface area contributed by atoms with Gasteiger partial charge in [0.2, 0.25) is 0 Å². The number of azo groups is 1. The highest BCUT2D eigenvalue weighted by atomic mass is 15.2. The van der Waals surface area contributed by atoms with Crippen LogP contribution in [0.15, 0.2) is 40.6 Å². The number of benzene rings is 1. The maximum absolute atomic E-state index is 4.66. The van der Waals surface area contributed by atoms with Gasteiger partial charge in [-0.05, 0) is 45.6 Å². The molecule has 2 nitrogen and oxygen atoms in total. The van der Waals surface area contributed by atoms with E-state index in [1.807, 2.05) is 6.07 Å². The molecule has 0 aliphatic carbocycles. The lowest BCUT2D eigenvalue weighted by atomic mass is 9.85. The largest absolute Gasteiger partial charge is 0.187 e. The van der Waals surface area contributed by atoms with E-state index in [0.29, 0.717) is 5.92 Å². The van der Waals surface area contributed by atoms with Crippen molar-refractivity contribution in [2.45, 2.75) is 59.0 Å². The van der Waals surface area contributed by atoms with Gasteiger partial charge in [0.15, 0.2) is 0 Å². The number of hydrogen-bond acceptors (Lipinski definition) is 2. The van der Waals surface area contributed by atoms with E-state index in [1.165, 1.54) is 5.56 Å². The quantitative estimate of drug-likeness (QED) is 0.652. The van der Waals surface area contributed by atoms with Crippen molar-refractivity contribution in [3.05, 3.63) is 35.9 Å². The summed E-state index contributed by atoms with van der Waals surface area (Å²) in [6.07, 6.45) is 1.01. The lowest BCUT2D eigenvalue weighted by molar-refractivity contribution is 0.348. The molecule has 0 spiro atoms. The van der Waals surface area contributed by atoms with Gasteiger partial charge in [-0.1, -0.05) is 44.2 Å². The van der Waals surface area contributed by atoms with Crippen LogP contribution in [0, 0.1) is 5.92 Å². The summed E-state index contributed by atoms with van der Waals surface area (Å²) in [4.78, 5) is 0. The van der Waals surface area contributed by atoms with E-state index >= 15 is 0 Å². The monoisotopic (exact) mass is 246 g/mol. The Morgan fingerprint density at radius 3 is 1.94 bits per heavy atom. The Morgan fingerprint density at radius 2 is 1.50 bits per heavy atom. The van der Waals surface area contributed by atoms with Gasteiger partial charge in [0.25, 0.3) is 0 Å². The van der Waals surface area contributed by atoms with Gasteiger partial charge in [-0.25, -0.2) is 0 Å². The minimum Gasteiger partial charge on any atom is -0.187 e. The van der Waals surface area contributed by atoms with Crippen molar-refractivity contribution in [1.82, 2.24) is 0 Å². The predicted molar refractivity (Wildman–Crippen MR) is 77.9 cm³/mol. The first kappa shape index (κ1) is 14.9. The van der Waals surface area contributed by atoms with Crippen molar-refractivity contribution >= 4 is 0 Å². The van der Waals surface area contributed by atoms with Gasteiger partial charge >= 0.3 is 0 Å². The summed E-state index contributed by atoms with van der Waals surface area (Å²) in [6, 6.07) is 10.5. The third-order valence-electron chi connectivity index (χ3n) is 2.77. The smallest absolute Gasteiger partial charge is 0.104 e. The first-order valence-electron chi connectivity index (χ1n) is 6.72. The van der Waals surface area contributed by atoms with Crippen LogP contribution in [0.4, 0.5) is 0 Å². The zero-order valence-electron chi connectivity index (χ0n) is 12.6. The Bertz CT molecular complexity index is 387. The molecular weight excluding hydrogens is 220 g/mol. The second kappa shape index (κ2) is 5.64. The second-order valence-corrected chi connectivity index (χ2v) is 6.61. The third kappa shape index (κ3) is 4.59. The molecule has 0 radical (unpaired) electrons. The van der Waals surface area contributed by atoms with Crippen molar-refractivity contribution in [2.24, 2.45) is 16.1 Å². The van der Waals surface area contributed by atoms with Gasteiger partial charge in [-0.3, -0.25) is 0 Å². The molecule has 0 fully saturated rings. The maximum atomic E-state index is 4.66. The van der Waals surface area contributed by atoms with Crippen LogP contribution in [-0.2, 0) is 5.54 Å². The summed E-state index contributed by atoms with van der Waals surface area (Å²) in [5.41, 5.74) is 0.905. The van der Waals surface area contributed by atoms with Crippen molar-refractivity contribution in [1.29, 1.82) is 0 Å². The van der Waals surface area contributed by atoms with Crippen LogP contribution in [0.2, 0.25) is 0 Å². The third-order valence-corrected chi connectivity index (χ3v) is 2.77. The molecule has 1 atom stereocenters. The van der Waals surface area contributed by atoms with Crippen molar-refractivity contribution in [2.75, 3.05) is 0 Å². The maximum Gasteiger partial charge on any atom is 0.104 e. The van der Waals surface area contributed by atoms with Crippen LogP contribution >= 0.6 is 0 Å². The van der Waals surface area contributed by atoms with E-state index < -0.39 is 0 Å². The summed E-state index contributed by atoms with van der Waals surface area (Å²) in [6.45, 7) is 12.9. The molecule has 0 saturated carbocycles. The molecule has 1 rings (SSSR count). The van der Waals surface area contributed by atoms with Crippen LogP contribution in [0.1, 0.15) is 53.5 Å². The molecule has 0 heterocycles. The highest BCUT2D eigenvalue weighted by Gasteiger charge is 2.28. The van der Waals surface area contributed by atoms with Crippen LogP contribution < -0.4 is 0 Å². The highest BCUT2D eigenvalue weighted by molar-refractivity contribution is 5.23. The van der Waals surface area contributed by atoms with E-state index in [1.54, 1.807) is 0 Å². The van der Waals surface area contributed by atoms with E-state index in [2.05, 4.69) is 76.0 Å². The number of nitrogens with zero attached hydrogens (tertiary/aromatic N) is 2. The van der Waals surface area contributed by atoms with E-state index in [4.69, 9.17) is 0 Å². The Morgan fingerprint density at radius 1 is 0.944 bits per heavy atom. The molecule has 2 heteroatoms. The van der Waals surface area contributed by atoms with Crippen LogP contribution in [0.5, 0.6) is 0 Å². The molecule has 18 heavy (non-hydrogen) atoms. The first-order chi connectivity index (χ1) is 8.23. The number of hydrogen-bond donors (Lipinski definition) is 0. The van der Waals surface area contributed by atoms with Gasteiger partial charge in [-0.15, -0.1) is 0 Å². The van der Waals surface area contributed by atoms with Gasteiger partial charge in [0, 0.05) is 0 Å². The molecule has 0 aromatic heterocycles. The molecule has 0 aliphatic rings. The van der Waals surface area contributed by atoms with Crippen molar-refractivity contribution < 1.29 is 0 Å². The average Bonchev–Trinajstić information content (AvgIpc) is 2.26. The van der Waals surface area contributed by atoms with Crippen molar-refractivity contribution in [3.63, 3.8) is 0 Å². The van der Waals surface area contributed by atoms with E-state index in [-0.39, 0.29) is 11.1 Å². The van der Waals surface area contributed by atoms with Gasteiger partial charge < -0.3 is 0 Å². The fourth-order valence-corrected chi connectivity index (χ4v) is 2.07. The predicted octanol–water partition coefficient (Wildman–Crippen LogP) is 5.20. The Labute approximate surface area is 112 Å². The molecular formula is C16H26N2. The second-order valence-electron chi connectivity index (χ2n) is 6.61. The topological polar surface area (TPSA) is 24.7 Å². The first-order valence-corrected chi connectivity index (χ1v) is 6.72. The van der Waals surface area contributed by atoms with E-state index in [0.717, 1.165) is 6.42 Å². The van der Waals surface area contributed by atoms with Gasteiger partial charge in [0.05, 0.1) is 5.54 Å². The molecule has 1 unspecified atom stereocenters. The average molecular weight is 246 g/mol. The fourth-order valence-electron chi connectivity index (χ4n) is 2.07. The Kier molecular flexibility index (Phi) is 4.66. The minimum atomic E-state index is -0.220. The summed E-state index contributed by atoms with van der Waals surface area (Å²) in [5, 5.41) is 9.15. The van der Waals surface area contributed by atoms with Crippen LogP contribution in [0.25, 0.3) is 0 Å². The number of rotatable bonds is 4.